The summed E-state index contributed by atoms with van der Waals surface area (Å²) in [5.41, 5.74) is 3.49. The first-order valence-electron chi connectivity index (χ1n) is 49.8. The maximum absolute atomic E-state index is 5.99. The van der Waals surface area contributed by atoms with Gasteiger partial charge in [0.2, 0.25) is 0 Å². The average molecular weight is 1650 g/mol. The van der Waals surface area contributed by atoms with Crippen LogP contribution in [0.25, 0.3) is 0 Å². The molecule has 5 nitrogen and oxygen atoms in total. The second kappa shape index (κ2) is 73.4. The molecule has 2 N–H and O–H groups in total. The normalized spacial score (nSPS) is 20.6. The van der Waals surface area contributed by atoms with Crippen LogP contribution in [0, 0.1) is 122 Å². The van der Waals surface area contributed by atoms with Gasteiger partial charge in [-0.3, -0.25) is 0 Å². The van der Waals surface area contributed by atoms with Crippen molar-refractivity contribution in [3.8, 4) is 0 Å². The van der Waals surface area contributed by atoms with Gasteiger partial charge in [0.15, 0.2) is 0 Å². The summed E-state index contributed by atoms with van der Waals surface area (Å²) in [5, 5.41) is 7.27. The van der Waals surface area contributed by atoms with Crippen LogP contribution in [0.15, 0.2) is 0 Å². The van der Waals surface area contributed by atoms with Gasteiger partial charge in [-0.2, -0.15) is 35.3 Å². The van der Waals surface area contributed by atoms with E-state index in [0.717, 1.165) is 116 Å². The van der Waals surface area contributed by atoms with Gasteiger partial charge in [0.05, 0.1) is 12.2 Å². The summed E-state index contributed by atoms with van der Waals surface area (Å²) in [4.78, 5) is 0. The Hall–Kier alpha value is 0.850. The molecule has 8 aliphatic heterocycles. The van der Waals surface area contributed by atoms with Crippen LogP contribution in [0.1, 0.15) is 454 Å². The van der Waals surface area contributed by atoms with Crippen molar-refractivity contribution in [3.63, 3.8) is 0 Å². The van der Waals surface area contributed by atoms with Crippen molar-refractivity contribution in [2.45, 2.75) is 470 Å². The number of piperidine rings is 2. The molecule has 8 fully saturated rings. The van der Waals surface area contributed by atoms with E-state index in [1.807, 2.05) is 111 Å². The fraction of sp³-hybridized carbons (Fsp3) is 1.00. The summed E-state index contributed by atoms with van der Waals surface area (Å²) in [7, 11) is 0. The maximum Gasteiger partial charge on any atom is 0.0728 e. The molecule has 688 valence electrons. The average Bonchev–Trinajstić information content (AvgIpc) is 0.890. The molecular weight excluding hydrogens is 1420 g/mol. The minimum Gasteiger partial charge on any atom is -0.381 e. The van der Waals surface area contributed by atoms with Gasteiger partial charge in [0.25, 0.3) is 0 Å². The van der Waals surface area contributed by atoms with E-state index in [0.29, 0.717) is 49.2 Å². The summed E-state index contributed by atoms with van der Waals surface area (Å²) in [6, 6.07) is 0. The van der Waals surface area contributed by atoms with Crippen LogP contribution >= 0.6 is 35.3 Å². The molecule has 8 heteroatoms. The van der Waals surface area contributed by atoms with Crippen molar-refractivity contribution in [2.75, 3.05) is 81.4 Å². The Bertz CT molecular complexity index is 1400. The highest BCUT2D eigenvalue weighted by Crippen LogP contribution is 2.51. The van der Waals surface area contributed by atoms with Gasteiger partial charge in [-0.1, -0.05) is 345 Å². The number of ether oxygens (including phenoxy) is 3. The summed E-state index contributed by atoms with van der Waals surface area (Å²) in [5.74, 6) is 19.6. The van der Waals surface area contributed by atoms with E-state index in [9.17, 15) is 0 Å². The van der Waals surface area contributed by atoms with Gasteiger partial charge in [-0.25, -0.2) is 0 Å². The summed E-state index contributed by atoms with van der Waals surface area (Å²) >= 11 is 6.52. The van der Waals surface area contributed by atoms with Crippen LogP contribution in [-0.4, -0.2) is 97.3 Å². The molecule has 0 atom stereocenters. The third-order valence-corrected chi connectivity index (χ3v) is 33.0. The minimum atomic E-state index is 0.179. The first-order chi connectivity index (χ1) is 52.8. The predicted octanol–water partition coefficient (Wildman–Crippen LogP) is 34.7. The SMILES string of the molecule is CC.CC.CC.CC.CC.CC.CC.CC.CC(C)C1(C(C)C)CCCCN1.CC(C)C1(C(C)C)CCCCO1.CC(C)C1(C(C)C)CCCCS1.CC(C)C1(C(C)C)CCCNC1.CC(C)C1(C(C)C)CCCOC1.CC(C)C1(C(C)C)CCCSC1.CC(C)C1(C(C)C)CCOCC1.CC(C)C1(C(C)C)CCSCC1. The molecule has 8 heterocycles. The Morgan fingerprint density at radius 1 is 0.250 bits per heavy atom. The molecule has 0 radical (unpaired) electrons. The zero-order valence-corrected chi connectivity index (χ0v) is 89.8. The van der Waals surface area contributed by atoms with E-state index in [2.05, 4.69) is 267 Å². The fourth-order valence-electron chi connectivity index (χ4n) is 20.0. The molecule has 0 aliphatic carbocycles. The minimum absolute atomic E-state index is 0.179. The smallest absolute Gasteiger partial charge is 0.0728 e. The molecule has 0 unspecified atom stereocenters. The van der Waals surface area contributed by atoms with Gasteiger partial charge < -0.3 is 24.8 Å². The lowest BCUT2D eigenvalue weighted by atomic mass is 9.64. The second-order valence-electron chi connectivity index (χ2n) is 37.4. The first kappa shape index (κ1) is 128. The van der Waals surface area contributed by atoms with E-state index in [4.69, 9.17) is 14.2 Å². The monoisotopic (exact) mass is 1650 g/mol. The molecule has 0 amide bonds. The second-order valence-corrected chi connectivity index (χ2v) is 41.2. The molecule has 0 bridgehead atoms. The number of rotatable bonds is 16. The van der Waals surface area contributed by atoms with E-state index < -0.39 is 0 Å². The highest BCUT2D eigenvalue weighted by atomic mass is 32.2. The summed E-state index contributed by atoms with van der Waals surface area (Å²) < 4.78 is 17.6. The first-order valence-corrected chi connectivity index (χ1v) is 53.1. The highest BCUT2D eigenvalue weighted by Gasteiger charge is 2.45. The predicted molar refractivity (Wildman–Crippen MR) is 532 cm³/mol. The van der Waals surface area contributed by atoms with Crippen LogP contribution in [0.4, 0.5) is 0 Å². The zero-order valence-electron chi connectivity index (χ0n) is 87.3. The number of thioether (sulfide) groups is 3. The third-order valence-electron chi connectivity index (χ3n) is 28.5. The Balaban J connectivity index is -0.000000179. The van der Waals surface area contributed by atoms with Crippen LogP contribution in [-0.2, 0) is 14.2 Å². The number of nitrogens with one attached hydrogen (secondary N) is 2. The van der Waals surface area contributed by atoms with Crippen molar-refractivity contribution in [1.29, 1.82) is 0 Å². The fourth-order valence-corrected chi connectivity index (χ4v) is 24.6. The molecule has 112 heavy (non-hydrogen) atoms. The van der Waals surface area contributed by atoms with Gasteiger partial charge in [0.1, 0.15) is 0 Å². The number of hydrogen-bond donors (Lipinski definition) is 2. The number of hydrogen-bond acceptors (Lipinski definition) is 8. The highest BCUT2D eigenvalue weighted by molar-refractivity contribution is 8.00. The lowest BCUT2D eigenvalue weighted by molar-refractivity contribution is -0.137. The molecule has 8 saturated heterocycles. The largest absolute Gasteiger partial charge is 0.381 e. The molecule has 0 aromatic heterocycles. The van der Waals surface area contributed by atoms with Crippen LogP contribution in [0.3, 0.4) is 0 Å². The van der Waals surface area contributed by atoms with Crippen molar-refractivity contribution < 1.29 is 14.2 Å². The quantitative estimate of drug-likeness (QED) is 0.159. The lowest BCUT2D eigenvalue weighted by Gasteiger charge is -2.45. The van der Waals surface area contributed by atoms with Crippen molar-refractivity contribution in [3.05, 3.63) is 0 Å². The van der Waals surface area contributed by atoms with Crippen LogP contribution in [0.2, 0.25) is 0 Å². The summed E-state index contributed by atoms with van der Waals surface area (Å²) in [6.07, 6.45) is 25.9. The summed E-state index contributed by atoms with van der Waals surface area (Å²) in [6.45, 7) is 116. The molecular formula is C104H226N2O3S3. The standard InChI is InChI=1S/2C11H23N.3C11H22O.3C11H22S.8C2H6/c1-9(2)11(10(3)4)6-5-7-12-8-11;1-9(2)11(10(3)4)7-5-6-8-12-11;1-9(2)11(10(3)4)5-7-12-8-6-11;1-9(2)11(10(3)4)6-5-7-12-8-11;1-9(2)11(10(3)4)7-5-6-8-12-11;1-9(2)11(10(3)4)5-7-12-8-6-11;1-9(2)11(10(3)4)6-5-7-12-8-11;1-9(2)11(10(3)4)7-5-6-8-12-11;8*1-2/h2*9-10,12H,5-8H2,1-4H3;6*9-10H,5-8H2,1-4H3;8*1-2H3. The zero-order chi connectivity index (χ0) is 89.5. The Morgan fingerprint density at radius 2 is 0.634 bits per heavy atom. The van der Waals surface area contributed by atoms with Gasteiger partial charge >= 0.3 is 0 Å². The van der Waals surface area contributed by atoms with Crippen molar-refractivity contribution in [2.24, 2.45) is 122 Å². The molecule has 0 spiro atoms. The van der Waals surface area contributed by atoms with Gasteiger partial charge in [-0.15, -0.1) is 0 Å². The van der Waals surface area contributed by atoms with E-state index in [-0.39, 0.29) is 5.60 Å². The molecule has 0 aromatic carbocycles. The molecule has 8 aliphatic rings. The van der Waals surface area contributed by atoms with Crippen LogP contribution < -0.4 is 10.6 Å². The van der Waals surface area contributed by atoms with Gasteiger partial charge in [0, 0.05) is 43.3 Å². The van der Waals surface area contributed by atoms with Crippen molar-refractivity contribution in [1.82, 2.24) is 10.6 Å². The van der Waals surface area contributed by atoms with Crippen LogP contribution in [0.5, 0.6) is 0 Å². The Kier molecular flexibility index (Phi) is 84.1. The molecule has 8 rings (SSSR count). The Morgan fingerprint density at radius 3 is 0.848 bits per heavy atom. The molecule has 0 saturated carbocycles. The maximum atomic E-state index is 5.99. The Labute approximate surface area is 728 Å². The van der Waals surface area contributed by atoms with E-state index >= 15 is 0 Å². The van der Waals surface area contributed by atoms with Gasteiger partial charge in [-0.05, 0) is 273 Å². The lowest BCUT2D eigenvalue weighted by Crippen LogP contribution is -2.56. The van der Waals surface area contributed by atoms with Crippen molar-refractivity contribution >= 4 is 35.3 Å². The topological polar surface area (TPSA) is 51.8 Å². The van der Waals surface area contributed by atoms with E-state index in [1.54, 1.807) is 0 Å². The third kappa shape index (κ3) is 42.8. The molecule has 0 aromatic rings. The van der Waals surface area contributed by atoms with E-state index in [1.165, 1.54) is 170 Å².